The summed E-state index contributed by atoms with van der Waals surface area (Å²) in [6.45, 7) is 1.62. The number of carboxylic acids is 1. The highest BCUT2D eigenvalue weighted by Gasteiger charge is 2.23. The molecule has 0 saturated heterocycles. The lowest BCUT2D eigenvalue weighted by atomic mass is 10.2. The van der Waals surface area contributed by atoms with Crippen LogP contribution in [0.5, 0.6) is 0 Å². The van der Waals surface area contributed by atoms with E-state index in [9.17, 15) is 14.9 Å². The number of aliphatic carboxylic acids is 1. The Hall–Kier alpha value is -1.34. The van der Waals surface area contributed by atoms with E-state index in [1.165, 1.54) is 6.07 Å². The summed E-state index contributed by atoms with van der Waals surface area (Å²) in [7, 11) is 0. The summed E-state index contributed by atoms with van der Waals surface area (Å²) in [5, 5.41) is 22.4. The number of nitro groups is 1. The van der Waals surface area contributed by atoms with Crippen molar-refractivity contribution in [3.63, 3.8) is 0 Å². The zero-order valence-corrected chi connectivity index (χ0v) is 11.7. The van der Waals surface area contributed by atoms with Crippen molar-refractivity contribution in [1.29, 1.82) is 0 Å². The number of benzene rings is 1. The molecule has 0 aromatic heterocycles. The van der Waals surface area contributed by atoms with Crippen LogP contribution in [0.4, 0.5) is 11.4 Å². The first-order valence-electron chi connectivity index (χ1n) is 4.93. The Morgan fingerprint density at radius 1 is 1.67 bits per heavy atom. The van der Waals surface area contributed by atoms with Crippen molar-refractivity contribution < 1.29 is 14.8 Å². The number of hydrogen-bond donors (Lipinski definition) is 2. The third-order valence-corrected chi connectivity index (χ3v) is 3.10. The van der Waals surface area contributed by atoms with Crippen LogP contribution in [-0.2, 0) is 4.79 Å². The molecule has 0 aliphatic carbocycles. The largest absolute Gasteiger partial charge is 0.481 e. The van der Waals surface area contributed by atoms with E-state index < -0.39 is 16.9 Å². The summed E-state index contributed by atoms with van der Waals surface area (Å²) in [6, 6.07) is 2.50. The highest BCUT2D eigenvalue weighted by Crippen LogP contribution is 2.38. The Balaban J connectivity index is 3.10. The van der Waals surface area contributed by atoms with E-state index in [-0.39, 0.29) is 22.8 Å². The number of anilines is 1. The second kappa shape index (κ2) is 6.01. The minimum atomic E-state index is -0.990. The van der Waals surface area contributed by atoms with Gasteiger partial charge in [-0.2, -0.15) is 0 Å². The first kappa shape index (κ1) is 14.7. The van der Waals surface area contributed by atoms with Crippen LogP contribution in [0.3, 0.4) is 0 Å². The smallest absolute Gasteiger partial charge is 0.311 e. The standard InChI is InChI=1S/C10H10BrClN2O4/c1-5(4-8(15)16)13-9-6(11)2-3-7(12)10(9)14(17)18/h2-3,5,13H,4H2,1H3,(H,15,16). The number of carbonyl (C=O) groups is 1. The fourth-order valence-corrected chi connectivity index (χ4v) is 2.08. The van der Waals surface area contributed by atoms with Gasteiger partial charge >= 0.3 is 11.7 Å². The quantitative estimate of drug-likeness (QED) is 0.635. The van der Waals surface area contributed by atoms with Crippen LogP contribution >= 0.6 is 27.5 Å². The molecule has 0 heterocycles. The van der Waals surface area contributed by atoms with E-state index in [0.29, 0.717) is 4.47 Å². The van der Waals surface area contributed by atoms with E-state index in [2.05, 4.69) is 21.2 Å². The molecule has 0 spiro atoms. The molecule has 0 bridgehead atoms. The van der Waals surface area contributed by atoms with Crippen LogP contribution < -0.4 is 5.32 Å². The van der Waals surface area contributed by atoms with E-state index in [4.69, 9.17) is 16.7 Å². The van der Waals surface area contributed by atoms with Gasteiger partial charge in [0.15, 0.2) is 0 Å². The molecule has 8 heteroatoms. The van der Waals surface area contributed by atoms with Crippen molar-refractivity contribution in [2.75, 3.05) is 5.32 Å². The number of halogens is 2. The van der Waals surface area contributed by atoms with Crippen LogP contribution in [0.2, 0.25) is 5.02 Å². The predicted molar refractivity (Wildman–Crippen MR) is 71.1 cm³/mol. The highest BCUT2D eigenvalue weighted by atomic mass is 79.9. The van der Waals surface area contributed by atoms with Gasteiger partial charge in [0.2, 0.25) is 0 Å². The lowest BCUT2D eigenvalue weighted by Crippen LogP contribution is -2.20. The van der Waals surface area contributed by atoms with Crippen molar-refractivity contribution >= 4 is 44.9 Å². The molecule has 1 unspecified atom stereocenters. The Bertz CT molecular complexity index is 495. The lowest BCUT2D eigenvalue weighted by molar-refractivity contribution is -0.383. The molecule has 0 saturated carbocycles. The molecule has 2 N–H and O–H groups in total. The van der Waals surface area contributed by atoms with Gasteiger partial charge in [0.25, 0.3) is 0 Å². The Labute approximate surface area is 116 Å². The predicted octanol–water partition coefficient (Wildman–Crippen LogP) is 3.29. The van der Waals surface area contributed by atoms with Crippen LogP contribution in [-0.4, -0.2) is 22.0 Å². The van der Waals surface area contributed by atoms with Gasteiger partial charge < -0.3 is 10.4 Å². The van der Waals surface area contributed by atoms with Gasteiger partial charge in [-0.1, -0.05) is 11.6 Å². The summed E-state index contributed by atoms with van der Waals surface area (Å²) < 4.78 is 0.454. The monoisotopic (exact) mass is 336 g/mol. The normalized spacial score (nSPS) is 11.9. The SMILES string of the molecule is CC(CC(=O)O)Nc1c(Br)ccc(Cl)c1[N+](=O)[O-]. The second-order valence-electron chi connectivity index (χ2n) is 3.65. The van der Waals surface area contributed by atoms with E-state index >= 15 is 0 Å². The van der Waals surface area contributed by atoms with Gasteiger partial charge in [-0.05, 0) is 35.0 Å². The zero-order chi connectivity index (χ0) is 13.9. The average molecular weight is 338 g/mol. The van der Waals surface area contributed by atoms with Crippen molar-refractivity contribution in [3.8, 4) is 0 Å². The van der Waals surface area contributed by atoms with Crippen LogP contribution in [0, 0.1) is 10.1 Å². The Morgan fingerprint density at radius 3 is 2.78 bits per heavy atom. The average Bonchev–Trinajstić information content (AvgIpc) is 2.21. The van der Waals surface area contributed by atoms with E-state index in [0.717, 1.165) is 0 Å². The summed E-state index contributed by atoms with van der Waals surface area (Å²) in [5.74, 6) is -0.990. The minimum Gasteiger partial charge on any atom is -0.481 e. The minimum absolute atomic E-state index is 0.00627. The maximum absolute atomic E-state index is 10.9. The number of nitrogens with one attached hydrogen (secondary N) is 1. The molecule has 1 rings (SSSR count). The molecule has 0 aliphatic rings. The van der Waals surface area contributed by atoms with Gasteiger partial charge in [-0.15, -0.1) is 0 Å². The molecule has 98 valence electrons. The number of nitrogens with zero attached hydrogens (tertiary/aromatic N) is 1. The van der Waals surface area contributed by atoms with Crippen molar-refractivity contribution in [1.82, 2.24) is 0 Å². The number of hydrogen-bond acceptors (Lipinski definition) is 4. The molecule has 1 atom stereocenters. The summed E-state index contributed by atoms with van der Waals surface area (Å²) in [6.07, 6.45) is -0.157. The third-order valence-electron chi connectivity index (χ3n) is 2.13. The summed E-state index contributed by atoms with van der Waals surface area (Å²) in [5.41, 5.74) is -0.0930. The molecule has 0 fully saturated rings. The van der Waals surface area contributed by atoms with Crippen LogP contribution in [0.25, 0.3) is 0 Å². The number of nitro benzene ring substituents is 1. The molecule has 1 aromatic rings. The van der Waals surface area contributed by atoms with E-state index in [1.54, 1.807) is 13.0 Å². The molecular formula is C10H10BrClN2O4. The molecule has 6 nitrogen and oxygen atoms in total. The van der Waals surface area contributed by atoms with Crippen molar-refractivity contribution in [2.24, 2.45) is 0 Å². The van der Waals surface area contributed by atoms with Crippen LogP contribution in [0.1, 0.15) is 13.3 Å². The van der Waals surface area contributed by atoms with Gasteiger partial charge in [-0.25, -0.2) is 0 Å². The Kier molecular flexibility index (Phi) is 4.92. The molecule has 0 amide bonds. The maximum atomic E-state index is 10.9. The molecule has 0 radical (unpaired) electrons. The van der Waals surface area contributed by atoms with Gasteiger partial charge in [-0.3, -0.25) is 14.9 Å². The zero-order valence-electron chi connectivity index (χ0n) is 9.31. The van der Waals surface area contributed by atoms with Gasteiger partial charge in [0.1, 0.15) is 10.7 Å². The maximum Gasteiger partial charge on any atom is 0.311 e. The molecule has 0 aliphatic heterocycles. The third kappa shape index (κ3) is 3.58. The van der Waals surface area contributed by atoms with Gasteiger partial charge in [0.05, 0.1) is 11.3 Å². The Morgan fingerprint density at radius 2 is 2.28 bits per heavy atom. The van der Waals surface area contributed by atoms with Crippen LogP contribution in [0.15, 0.2) is 16.6 Å². The summed E-state index contributed by atoms with van der Waals surface area (Å²) in [4.78, 5) is 20.9. The fourth-order valence-electron chi connectivity index (χ4n) is 1.42. The number of rotatable bonds is 5. The van der Waals surface area contributed by atoms with Crippen molar-refractivity contribution in [2.45, 2.75) is 19.4 Å². The molecule has 1 aromatic carbocycles. The second-order valence-corrected chi connectivity index (χ2v) is 4.91. The fraction of sp³-hybridized carbons (Fsp3) is 0.300. The summed E-state index contributed by atoms with van der Waals surface area (Å²) >= 11 is 8.94. The lowest BCUT2D eigenvalue weighted by Gasteiger charge is -2.15. The highest BCUT2D eigenvalue weighted by molar-refractivity contribution is 9.10. The van der Waals surface area contributed by atoms with E-state index in [1.807, 2.05) is 0 Å². The molecule has 18 heavy (non-hydrogen) atoms. The first-order chi connectivity index (χ1) is 8.32. The topological polar surface area (TPSA) is 92.5 Å². The number of carboxylic acid groups (broad SMARTS) is 1. The van der Waals surface area contributed by atoms with Crippen molar-refractivity contribution in [3.05, 3.63) is 31.7 Å². The molecular weight excluding hydrogens is 327 g/mol. The van der Waals surface area contributed by atoms with Gasteiger partial charge in [0, 0.05) is 10.5 Å². The first-order valence-corrected chi connectivity index (χ1v) is 6.10.